The van der Waals surface area contributed by atoms with Crippen molar-refractivity contribution in [1.82, 2.24) is 9.80 Å². The summed E-state index contributed by atoms with van der Waals surface area (Å²) in [5.41, 5.74) is 1.01. The Balaban J connectivity index is 1.50. The van der Waals surface area contributed by atoms with E-state index in [1.165, 1.54) is 12.8 Å². The highest BCUT2D eigenvalue weighted by Gasteiger charge is 2.48. The first-order chi connectivity index (χ1) is 11.6. The van der Waals surface area contributed by atoms with Gasteiger partial charge in [0, 0.05) is 17.6 Å². The van der Waals surface area contributed by atoms with Crippen LogP contribution in [0.5, 0.6) is 0 Å². The molecule has 0 unspecified atom stereocenters. The largest absolute Gasteiger partial charge is 0.327 e. The molecule has 24 heavy (non-hydrogen) atoms. The topological polar surface area (TPSA) is 40.6 Å². The van der Waals surface area contributed by atoms with Crippen LogP contribution in [0.4, 0.5) is 4.79 Å². The number of hydrogen-bond donors (Lipinski definition) is 0. The molecule has 0 N–H and O–H groups in total. The molecule has 0 atom stereocenters. The van der Waals surface area contributed by atoms with Crippen LogP contribution in [-0.4, -0.2) is 34.3 Å². The maximum Gasteiger partial charge on any atom is 0.327 e. The van der Waals surface area contributed by atoms with Gasteiger partial charge in [-0.3, -0.25) is 9.69 Å². The van der Waals surface area contributed by atoms with Gasteiger partial charge in [-0.05, 0) is 55.2 Å². The molecule has 1 aliphatic heterocycles. The predicted octanol–water partition coefficient (Wildman–Crippen LogP) is 4.07. The van der Waals surface area contributed by atoms with Gasteiger partial charge in [0.15, 0.2) is 0 Å². The lowest BCUT2D eigenvalue weighted by atomic mass is 9.68. The van der Waals surface area contributed by atoms with Gasteiger partial charge in [-0.25, -0.2) is 4.79 Å². The van der Waals surface area contributed by atoms with Crippen molar-refractivity contribution in [3.05, 3.63) is 34.9 Å². The first-order valence-electron chi connectivity index (χ1n) is 8.99. The fraction of sp³-hybridized carbons (Fsp3) is 0.579. The number of nitrogens with zero attached hydrogens (tertiary/aromatic N) is 2. The van der Waals surface area contributed by atoms with Crippen LogP contribution < -0.4 is 0 Å². The van der Waals surface area contributed by atoms with E-state index in [9.17, 15) is 9.59 Å². The highest BCUT2D eigenvalue weighted by Crippen LogP contribution is 2.43. The Morgan fingerprint density at radius 2 is 1.58 bits per heavy atom. The number of benzene rings is 1. The standard InChI is InChI=1S/C19H23ClN2O2/c20-16-9-7-13(8-10-16)11-21-12-17(23)22(19(21)24)18(14-3-1-4-14)15-5-2-6-15/h7-10,14-15,18H,1-6,11-12H2. The van der Waals surface area contributed by atoms with Crippen molar-refractivity contribution >= 4 is 23.5 Å². The molecule has 3 fully saturated rings. The zero-order chi connectivity index (χ0) is 16.7. The van der Waals surface area contributed by atoms with Crippen LogP contribution in [-0.2, 0) is 11.3 Å². The minimum absolute atomic E-state index is 0.0160. The van der Waals surface area contributed by atoms with E-state index >= 15 is 0 Å². The number of amides is 3. The van der Waals surface area contributed by atoms with Gasteiger partial charge in [-0.15, -0.1) is 0 Å². The molecule has 1 aromatic rings. The molecule has 0 radical (unpaired) electrons. The lowest BCUT2D eigenvalue weighted by Crippen LogP contribution is -2.52. The van der Waals surface area contributed by atoms with E-state index in [0.717, 1.165) is 31.2 Å². The first-order valence-corrected chi connectivity index (χ1v) is 9.36. The molecule has 4 rings (SSSR count). The smallest absolute Gasteiger partial charge is 0.311 e. The van der Waals surface area contributed by atoms with E-state index in [1.54, 1.807) is 9.80 Å². The average Bonchev–Trinajstić information content (AvgIpc) is 2.71. The summed E-state index contributed by atoms with van der Waals surface area (Å²) in [5, 5.41) is 0.680. The second kappa shape index (κ2) is 6.40. The van der Waals surface area contributed by atoms with E-state index in [1.807, 2.05) is 24.3 Å². The van der Waals surface area contributed by atoms with E-state index in [2.05, 4.69) is 0 Å². The Labute approximate surface area is 147 Å². The highest BCUT2D eigenvalue weighted by atomic mass is 35.5. The van der Waals surface area contributed by atoms with Gasteiger partial charge in [-0.2, -0.15) is 0 Å². The summed E-state index contributed by atoms with van der Waals surface area (Å²) in [6.07, 6.45) is 7.12. The number of urea groups is 1. The number of imide groups is 1. The van der Waals surface area contributed by atoms with Gasteiger partial charge in [0.2, 0.25) is 0 Å². The number of halogens is 1. The molecule has 3 amide bonds. The number of hydrogen-bond acceptors (Lipinski definition) is 2. The summed E-state index contributed by atoms with van der Waals surface area (Å²) in [6, 6.07) is 7.52. The molecular formula is C19H23ClN2O2. The minimum atomic E-state index is -0.0984. The Morgan fingerprint density at radius 3 is 2.08 bits per heavy atom. The lowest BCUT2D eigenvalue weighted by molar-refractivity contribution is -0.130. The van der Waals surface area contributed by atoms with Gasteiger partial charge in [0.1, 0.15) is 6.54 Å². The Morgan fingerprint density at radius 1 is 1.00 bits per heavy atom. The van der Waals surface area contributed by atoms with Crippen molar-refractivity contribution in [3.63, 3.8) is 0 Å². The third-order valence-electron chi connectivity index (χ3n) is 5.92. The van der Waals surface area contributed by atoms with E-state index in [4.69, 9.17) is 11.6 Å². The molecular weight excluding hydrogens is 324 g/mol. The summed E-state index contributed by atoms with van der Waals surface area (Å²) in [6.45, 7) is 0.678. The molecule has 1 aromatic carbocycles. The van der Waals surface area contributed by atoms with E-state index < -0.39 is 0 Å². The van der Waals surface area contributed by atoms with Crippen molar-refractivity contribution in [2.24, 2.45) is 11.8 Å². The van der Waals surface area contributed by atoms with E-state index in [0.29, 0.717) is 23.4 Å². The van der Waals surface area contributed by atoms with Crippen molar-refractivity contribution < 1.29 is 9.59 Å². The van der Waals surface area contributed by atoms with Crippen LogP contribution in [0.25, 0.3) is 0 Å². The number of carbonyl (C=O) groups is 2. The van der Waals surface area contributed by atoms with Gasteiger partial charge < -0.3 is 4.90 Å². The summed E-state index contributed by atoms with van der Waals surface area (Å²) in [5.74, 6) is 1.04. The molecule has 5 heteroatoms. The minimum Gasteiger partial charge on any atom is -0.311 e. The molecule has 1 saturated heterocycles. The molecule has 3 aliphatic rings. The molecule has 2 aliphatic carbocycles. The zero-order valence-electron chi connectivity index (χ0n) is 13.8. The van der Waals surface area contributed by atoms with Gasteiger partial charge >= 0.3 is 6.03 Å². The Hall–Kier alpha value is -1.55. The van der Waals surface area contributed by atoms with Gasteiger partial charge in [0.05, 0.1) is 0 Å². The highest BCUT2D eigenvalue weighted by molar-refractivity contribution is 6.30. The van der Waals surface area contributed by atoms with Crippen LogP contribution in [0.1, 0.15) is 44.1 Å². The lowest BCUT2D eigenvalue weighted by Gasteiger charge is -2.45. The van der Waals surface area contributed by atoms with Crippen LogP contribution in [0.2, 0.25) is 5.02 Å². The molecule has 0 bridgehead atoms. The summed E-state index contributed by atoms with van der Waals surface area (Å²) in [4.78, 5) is 28.8. The van der Waals surface area contributed by atoms with E-state index in [-0.39, 0.29) is 24.5 Å². The van der Waals surface area contributed by atoms with Gasteiger partial charge in [0.25, 0.3) is 5.91 Å². The van der Waals surface area contributed by atoms with Crippen molar-refractivity contribution in [3.8, 4) is 0 Å². The van der Waals surface area contributed by atoms with Crippen molar-refractivity contribution in [2.45, 2.75) is 51.1 Å². The SMILES string of the molecule is O=C1CN(Cc2ccc(Cl)cc2)C(=O)N1C(C1CCC1)C1CCC1. The molecule has 0 aromatic heterocycles. The third kappa shape index (κ3) is 2.81. The van der Waals surface area contributed by atoms with Crippen molar-refractivity contribution in [2.75, 3.05) is 6.54 Å². The Bertz CT molecular complexity index is 623. The molecule has 2 saturated carbocycles. The summed E-state index contributed by atoms with van der Waals surface area (Å²) in [7, 11) is 0. The third-order valence-corrected chi connectivity index (χ3v) is 6.17. The van der Waals surface area contributed by atoms with Crippen molar-refractivity contribution in [1.29, 1.82) is 0 Å². The normalized spacial score (nSPS) is 22.2. The van der Waals surface area contributed by atoms with Crippen LogP contribution >= 0.6 is 11.6 Å². The molecule has 128 valence electrons. The fourth-order valence-corrected chi connectivity index (χ4v) is 4.29. The van der Waals surface area contributed by atoms with Crippen LogP contribution in [0.15, 0.2) is 24.3 Å². The second-order valence-electron chi connectivity index (χ2n) is 7.40. The maximum atomic E-state index is 12.9. The number of rotatable bonds is 5. The first kappa shape index (κ1) is 15.9. The monoisotopic (exact) mass is 346 g/mol. The molecule has 0 spiro atoms. The fourth-order valence-electron chi connectivity index (χ4n) is 4.16. The summed E-state index contributed by atoms with van der Waals surface area (Å²) >= 11 is 5.92. The van der Waals surface area contributed by atoms with Gasteiger partial charge in [-0.1, -0.05) is 36.6 Å². The molecule has 1 heterocycles. The second-order valence-corrected chi connectivity index (χ2v) is 7.84. The van der Waals surface area contributed by atoms with Crippen LogP contribution in [0, 0.1) is 11.8 Å². The quantitative estimate of drug-likeness (QED) is 0.754. The zero-order valence-corrected chi connectivity index (χ0v) is 14.5. The summed E-state index contributed by atoms with van der Waals surface area (Å²) < 4.78 is 0. The van der Waals surface area contributed by atoms with Crippen LogP contribution in [0.3, 0.4) is 0 Å². The average molecular weight is 347 g/mol. The Kier molecular flexibility index (Phi) is 4.25. The predicted molar refractivity (Wildman–Crippen MR) is 92.6 cm³/mol. The number of carbonyl (C=O) groups excluding carboxylic acids is 2. The maximum absolute atomic E-state index is 12.9. The molecule has 4 nitrogen and oxygen atoms in total.